The highest BCUT2D eigenvalue weighted by molar-refractivity contribution is 7.22. The molecule has 150 valence electrons. The number of carbonyl (C=O) groups is 1. The fourth-order valence-corrected chi connectivity index (χ4v) is 4.38. The van der Waals surface area contributed by atoms with E-state index < -0.39 is 0 Å². The van der Waals surface area contributed by atoms with E-state index in [0.29, 0.717) is 36.9 Å². The fraction of sp³-hybridized carbons (Fsp3) is 0.350. The van der Waals surface area contributed by atoms with Crippen molar-refractivity contribution in [3.63, 3.8) is 0 Å². The van der Waals surface area contributed by atoms with E-state index in [2.05, 4.69) is 20.1 Å². The van der Waals surface area contributed by atoms with Crippen LogP contribution in [-0.4, -0.2) is 50.7 Å². The van der Waals surface area contributed by atoms with Gasteiger partial charge in [0.1, 0.15) is 6.33 Å². The van der Waals surface area contributed by atoms with Gasteiger partial charge in [-0.2, -0.15) is 10.1 Å². The molecule has 0 unspecified atom stereocenters. The lowest BCUT2D eigenvalue weighted by atomic mass is 10.1. The molecule has 4 aromatic rings. The van der Waals surface area contributed by atoms with Gasteiger partial charge in [0.2, 0.25) is 5.91 Å². The first-order valence-corrected chi connectivity index (χ1v) is 10.2. The Morgan fingerprint density at radius 1 is 1.24 bits per heavy atom. The molecule has 0 spiro atoms. The summed E-state index contributed by atoms with van der Waals surface area (Å²) in [6.45, 7) is 4.84. The molecule has 0 radical (unpaired) electrons. The number of hydrogen-bond acceptors (Lipinski definition) is 7. The number of hydrogen-bond donors (Lipinski definition) is 0. The Labute approximate surface area is 172 Å². The van der Waals surface area contributed by atoms with E-state index in [9.17, 15) is 4.79 Å². The molecular weight excluding hydrogens is 388 g/mol. The average molecular weight is 411 g/mol. The van der Waals surface area contributed by atoms with Gasteiger partial charge in [-0.3, -0.25) is 9.69 Å². The summed E-state index contributed by atoms with van der Waals surface area (Å²) in [5, 5.41) is 4.92. The molecule has 9 heteroatoms. The number of thiazole rings is 1. The van der Waals surface area contributed by atoms with Crippen LogP contribution in [0.2, 0.25) is 0 Å². The molecule has 0 atom stereocenters. The molecule has 0 fully saturated rings. The number of amides is 1. The van der Waals surface area contributed by atoms with Gasteiger partial charge in [-0.25, -0.2) is 14.5 Å². The number of rotatable bonds is 7. The molecule has 1 amide bonds. The van der Waals surface area contributed by atoms with Gasteiger partial charge >= 0.3 is 0 Å². The number of benzene rings is 1. The molecule has 1 aromatic carbocycles. The van der Waals surface area contributed by atoms with E-state index in [1.54, 1.807) is 16.5 Å². The van der Waals surface area contributed by atoms with E-state index in [4.69, 9.17) is 4.74 Å². The highest BCUT2D eigenvalue weighted by atomic mass is 32.1. The third-order valence-electron chi connectivity index (χ3n) is 4.91. The van der Waals surface area contributed by atoms with Crippen molar-refractivity contribution in [2.75, 3.05) is 25.2 Å². The summed E-state index contributed by atoms with van der Waals surface area (Å²) in [5.74, 6) is 0.588. The van der Waals surface area contributed by atoms with Crippen LogP contribution in [0.15, 0.2) is 30.6 Å². The zero-order chi connectivity index (χ0) is 20.4. The Hall–Kier alpha value is -2.91. The Morgan fingerprint density at radius 2 is 2.07 bits per heavy atom. The summed E-state index contributed by atoms with van der Waals surface area (Å²) < 4.78 is 7.98. The predicted molar refractivity (Wildman–Crippen MR) is 112 cm³/mol. The number of para-hydroxylation sites is 1. The van der Waals surface area contributed by atoms with Crippen LogP contribution in [0.5, 0.6) is 0 Å². The van der Waals surface area contributed by atoms with Crippen molar-refractivity contribution in [3.8, 4) is 0 Å². The Balaban J connectivity index is 1.57. The van der Waals surface area contributed by atoms with Crippen LogP contribution >= 0.6 is 11.3 Å². The summed E-state index contributed by atoms with van der Waals surface area (Å²) in [6, 6.07) is 7.90. The van der Waals surface area contributed by atoms with Crippen LogP contribution in [0.25, 0.3) is 16.0 Å². The summed E-state index contributed by atoms with van der Waals surface area (Å²) in [7, 11) is 1.63. The second kappa shape index (κ2) is 8.22. The minimum Gasteiger partial charge on any atom is -0.383 e. The molecule has 0 bridgehead atoms. The van der Waals surface area contributed by atoms with Gasteiger partial charge in [0.05, 0.1) is 23.4 Å². The molecule has 0 aliphatic rings. The minimum absolute atomic E-state index is 0.0126. The standard InChI is InChI=1S/C20H22N6O2S/c1-13-15(14(2)26-19(23-13)21-12-22-26)8-9-18(27)25(10-11-28-3)20-24-16-6-4-5-7-17(16)29-20/h4-7,12H,8-11H2,1-3H3. The lowest BCUT2D eigenvalue weighted by molar-refractivity contribution is -0.118. The molecule has 8 nitrogen and oxygen atoms in total. The van der Waals surface area contributed by atoms with Crippen molar-refractivity contribution >= 4 is 38.4 Å². The van der Waals surface area contributed by atoms with Crippen LogP contribution in [0.3, 0.4) is 0 Å². The molecule has 0 N–H and O–H groups in total. The third kappa shape index (κ3) is 3.83. The number of nitrogens with zero attached hydrogens (tertiary/aromatic N) is 6. The minimum atomic E-state index is 0.0126. The van der Waals surface area contributed by atoms with Crippen molar-refractivity contribution in [3.05, 3.63) is 47.5 Å². The summed E-state index contributed by atoms with van der Waals surface area (Å²) in [6.07, 6.45) is 2.42. The summed E-state index contributed by atoms with van der Waals surface area (Å²) in [5.41, 5.74) is 3.75. The first kappa shape index (κ1) is 19.4. The second-order valence-corrected chi connectivity index (χ2v) is 7.74. The van der Waals surface area contributed by atoms with Crippen molar-refractivity contribution in [2.45, 2.75) is 26.7 Å². The van der Waals surface area contributed by atoms with Gasteiger partial charge in [0.15, 0.2) is 5.13 Å². The Kier molecular flexibility index (Phi) is 5.50. The topological polar surface area (TPSA) is 85.5 Å². The molecule has 0 saturated heterocycles. The monoisotopic (exact) mass is 410 g/mol. The Morgan fingerprint density at radius 3 is 2.86 bits per heavy atom. The number of aromatic nitrogens is 5. The van der Waals surface area contributed by atoms with E-state index in [1.165, 1.54) is 17.7 Å². The van der Waals surface area contributed by atoms with Crippen LogP contribution in [0, 0.1) is 13.8 Å². The smallest absolute Gasteiger partial charge is 0.252 e. The highest BCUT2D eigenvalue weighted by Gasteiger charge is 2.21. The second-order valence-electron chi connectivity index (χ2n) is 6.74. The SMILES string of the molecule is COCCN(C(=O)CCc1c(C)nc2ncnn2c1C)c1nc2ccccc2s1. The number of carbonyl (C=O) groups excluding carboxylic acids is 1. The fourth-order valence-electron chi connectivity index (χ4n) is 3.37. The molecule has 3 aromatic heterocycles. The number of aryl methyl sites for hydroxylation is 2. The van der Waals surface area contributed by atoms with Crippen molar-refractivity contribution in [2.24, 2.45) is 0 Å². The maximum absolute atomic E-state index is 13.1. The van der Waals surface area contributed by atoms with E-state index in [1.807, 2.05) is 38.1 Å². The maximum Gasteiger partial charge on any atom is 0.252 e. The van der Waals surface area contributed by atoms with Crippen LogP contribution in [0.4, 0.5) is 5.13 Å². The van der Waals surface area contributed by atoms with E-state index >= 15 is 0 Å². The van der Waals surface area contributed by atoms with Crippen molar-refractivity contribution < 1.29 is 9.53 Å². The van der Waals surface area contributed by atoms with Gasteiger partial charge < -0.3 is 4.74 Å². The maximum atomic E-state index is 13.1. The van der Waals surface area contributed by atoms with E-state index in [-0.39, 0.29) is 5.91 Å². The van der Waals surface area contributed by atoms with Crippen LogP contribution in [0.1, 0.15) is 23.4 Å². The molecule has 0 aliphatic carbocycles. The molecular formula is C20H22N6O2S. The zero-order valence-electron chi connectivity index (χ0n) is 16.6. The molecule has 29 heavy (non-hydrogen) atoms. The average Bonchev–Trinajstić information content (AvgIpc) is 3.34. The lowest BCUT2D eigenvalue weighted by Crippen LogP contribution is -2.34. The van der Waals surface area contributed by atoms with Gasteiger partial charge in [-0.05, 0) is 38.0 Å². The van der Waals surface area contributed by atoms with Gasteiger partial charge in [0, 0.05) is 24.9 Å². The van der Waals surface area contributed by atoms with Crippen LogP contribution < -0.4 is 4.90 Å². The number of ether oxygens (including phenoxy) is 1. The van der Waals surface area contributed by atoms with Crippen LogP contribution in [-0.2, 0) is 16.0 Å². The van der Waals surface area contributed by atoms with Gasteiger partial charge in [0.25, 0.3) is 5.78 Å². The highest BCUT2D eigenvalue weighted by Crippen LogP contribution is 2.29. The van der Waals surface area contributed by atoms with Crippen molar-refractivity contribution in [1.82, 2.24) is 24.6 Å². The molecule has 0 aliphatic heterocycles. The summed E-state index contributed by atoms with van der Waals surface area (Å²) in [4.78, 5) is 28.1. The van der Waals surface area contributed by atoms with Crippen molar-refractivity contribution in [1.29, 1.82) is 0 Å². The quantitative estimate of drug-likeness (QED) is 0.466. The number of anilines is 1. The number of methoxy groups -OCH3 is 1. The van der Waals surface area contributed by atoms with Gasteiger partial charge in [-0.1, -0.05) is 23.5 Å². The molecule has 0 saturated carbocycles. The predicted octanol–water partition coefficient (Wildman–Crippen LogP) is 2.96. The number of fused-ring (bicyclic) bond motifs is 2. The molecule has 4 rings (SSSR count). The third-order valence-corrected chi connectivity index (χ3v) is 5.97. The summed E-state index contributed by atoms with van der Waals surface area (Å²) >= 11 is 1.52. The van der Waals surface area contributed by atoms with Gasteiger partial charge in [-0.15, -0.1) is 0 Å². The van der Waals surface area contributed by atoms with E-state index in [0.717, 1.165) is 27.2 Å². The molecule has 3 heterocycles. The lowest BCUT2D eigenvalue weighted by Gasteiger charge is -2.20. The zero-order valence-corrected chi connectivity index (χ0v) is 17.4. The largest absolute Gasteiger partial charge is 0.383 e. The first-order chi connectivity index (χ1) is 14.1. The normalized spacial score (nSPS) is 11.4. The first-order valence-electron chi connectivity index (χ1n) is 9.39. The Bertz CT molecular complexity index is 1140.